The highest BCUT2D eigenvalue weighted by Gasteiger charge is 2.15. The highest BCUT2D eigenvalue weighted by Crippen LogP contribution is 2.41. The van der Waals surface area contributed by atoms with Crippen molar-refractivity contribution in [2.75, 3.05) is 0 Å². The van der Waals surface area contributed by atoms with Gasteiger partial charge in [0.2, 0.25) is 0 Å². The van der Waals surface area contributed by atoms with E-state index in [2.05, 4.69) is 66.0 Å². The molecule has 1 atom stereocenters. The average molecular weight is 469 g/mol. The van der Waals surface area contributed by atoms with Crippen LogP contribution in [0, 0.1) is 0 Å². The predicted molar refractivity (Wildman–Crippen MR) is 92.7 cm³/mol. The first kappa shape index (κ1) is 15.5. The van der Waals surface area contributed by atoms with Crippen LogP contribution in [0.15, 0.2) is 38.6 Å². The maximum Gasteiger partial charge on any atom is 0.120 e. The molecular weight excluding hydrogens is 456 g/mol. The van der Waals surface area contributed by atoms with Gasteiger partial charge in [0.1, 0.15) is 5.75 Å². The minimum absolute atomic E-state index is 0.177. The molecule has 5 heteroatoms. The van der Waals surface area contributed by atoms with Crippen LogP contribution in [-0.2, 0) is 0 Å². The summed E-state index contributed by atoms with van der Waals surface area (Å²) in [6.07, 6.45) is 0.189. The lowest BCUT2D eigenvalue weighted by Gasteiger charge is -2.13. The average Bonchev–Trinajstić information content (AvgIpc) is 2.68. The van der Waals surface area contributed by atoms with Crippen LogP contribution in [-0.4, -0.2) is 6.10 Å². The van der Waals surface area contributed by atoms with Crippen LogP contribution in [0.4, 0.5) is 0 Å². The Morgan fingerprint density at radius 2 is 1.89 bits per heavy atom. The van der Waals surface area contributed by atoms with Crippen LogP contribution in [0.1, 0.15) is 29.1 Å². The summed E-state index contributed by atoms with van der Waals surface area (Å²) in [4.78, 5) is 1.43. The van der Waals surface area contributed by atoms with Gasteiger partial charge in [-0.3, -0.25) is 0 Å². The zero-order chi connectivity index (χ0) is 14.0. The monoisotopic (exact) mass is 466 g/mol. The van der Waals surface area contributed by atoms with Crippen LogP contribution >= 0.6 is 59.1 Å². The number of hydrogen-bond acceptors (Lipinski definition) is 2. The summed E-state index contributed by atoms with van der Waals surface area (Å²) in [6, 6.07) is 10.3. The molecule has 19 heavy (non-hydrogen) atoms. The van der Waals surface area contributed by atoms with Gasteiger partial charge >= 0.3 is 0 Å². The number of alkyl halides is 1. The number of benzene rings is 1. The molecule has 0 aliphatic rings. The molecule has 0 fully saturated rings. The van der Waals surface area contributed by atoms with Gasteiger partial charge in [-0.15, -0.1) is 11.3 Å². The summed E-state index contributed by atoms with van der Waals surface area (Å²) in [7, 11) is 0. The van der Waals surface area contributed by atoms with Crippen molar-refractivity contribution in [1.82, 2.24) is 0 Å². The largest absolute Gasteiger partial charge is 0.491 e. The molecule has 0 spiro atoms. The van der Waals surface area contributed by atoms with Crippen molar-refractivity contribution < 1.29 is 4.74 Å². The van der Waals surface area contributed by atoms with E-state index in [1.165, 1.54) is 10.4 Å². The standard InChI is InChI=1S/C14H13Br3OS/c1-8(2)18-10-5-3-4-9(6-10)13(16)12-7-11(15)14(17)19-12/h3-8,13H,1-2H3. The lowest BCUT2D eigenvalue weighted by atomic mass is 10.1. The van der Waals surface area contributed by atoms with Gasteiger partial charge in [0.05, 0.1) is 14.7 Å². The second-order valence-corrected chi connectivity index (χ2v) is 8.54. The minimum Gasteiger partial charge on any atom is -0.491 e. The Bertz CT molecular complexity index is 546. The van der Waals surface area contributed by atoms with E-state index in [-0.39, 0.29) is 10.9 Å². The second-order valence-electron chi connectivity index (χ2n) is 4.37. The zero-order valence-electron chi connectivity index (χ0n) is 10.5. The number of halogens is 3. The third-order valence-corrected chi connectivity index (χ3v) is 7.08. The van der Waals surface area contributed by atoms with Gasteiger partial charge in [-0.2, -0.15) is 0 Å². The molecule has 0 bridgehead atoms. The highest BCUT2D eigenvalue weighted by atomic mass is 79.9. The first-order valence-electron chi connectivity index (χ1n) is 5.83. The van der Waals surface area contributed by atoms with Crippen molar-refractivity contribution in [3.63, 3.8) is 0 Å². The summed E-state index contributed by atoms with van der Waals surface area (Å²) in [5, 5.41) is 0. The van der Waals surface area contributed by atoms with Crippen molar-refractivity contribution in [3.8, 4) is 5.75 Å². The van der Waals surface area contributed by atoms with E-state index in [9.17, 15) is 0 Å². The third-order valence-electron chi connectivity index (χ3n) is 2.44. The quantitative estimate of drug-likeness (QED) is 0.462. The Balaban J connectivity index is 2.25. The summed E-state index contributed by atoms with van der Waals surface area (Å²) in [5.41, 5.74) is 1.19. The Morgan fingerprint density at radius 3 is 2.47 bits per heavy atom. The van der Waals surface area contributed by atoms with E-state index >= 15 is 0 Å². The zero-order valence-corrected chi connectivity index (χ0v) is 16.1. The summed E-state index contributed by atoms with van der Waals surface area (Å²) in [6.45, 7) is 4.07. The van der Waals surface area contributed by atoms with Gasteiger partial charge in [0.25, 0.3) is 0 Å². The second kappa shape index (κ2) is 6.74. The first-order valence-corrected chi connectivity index (χ1v) is 9.14. The van der Waals surface area contributed by atoms with Crippen LogP contribution in [0.25, 0.3) is 0 Å². The molecule has 0 N–H and O–H groups in total. The van der Waals surface area contributed by atoms with Crippen molar-refractivity contribution in [3.05, 3.63) is 49.0 Å². The number of ether oxygens (including phenoxy) is 1. The number of thiophene rings is 1. The molecule has 0 aliphatic carbocycles. The Labute approximate surface area is 142 Å². The minimum atomic E-state index is 0.177. The first-order chi connectivity index (χ1) is 8.97. The molecule has 0 saturated carbocycles. The fourth-order valence-electron chi connectivity index (χ4n) is 1.67. The van der Waals surface area contributed by atoms with Crippen molar-refractivity contribution in [2.24, 2.45) is 0 Å². The van der Waals surface area contributed by atoms with Gasteiger partial charge in [-0.1, -0.05) is 28.1 Å². The normalized spacial score (nSPS) is 12.7. The van der Waals surface area contributed by atoms with Crippen LogP contribution in [0.3, 0.4) is 0 Å². The number of hydrogen-bond donors (Lipinski definition) is 0. The van der Waals surface area contributed by atoms with Crippen molar-refractivity contribution >= 4 is 59.1 Å². The molecular formula is C14H13Br3OS. The maximum atomic E-state index is 5.73. The molecule has 2 aromatic rings. The highest BCUT2D eigenvalue weighted by molar-refractivity contribution is 9.13. The smallest absolute Gasteiger partial charge is 0.120 e. The molecule has 0 aliphatic heterocycles. The van der Waals surface area contributed by atoms with Crippen molar-refractivity contribution in [1.29, 1.82) is 0 Å². The Hall–Kier alpha value is 0.160. The molecule has 0 radical (unpaired) electrons. The molecule has 102 valence electrons. The Kier molecular flexibility index (Phi) is 5.52. The Morgan fingerprint density at radius 1 is 1.16 bits per heavy atom. The van der Waals surface area contributed by atoms with E-state index in [0.29, 0.717) is 0 Å². The van der Waals surface area contributed by atoms with E-state index < -0.39 is 0 Å². The topological polar surface area (TPSA) is 9.23 Å². The van der Waals surface area contributed by atoms with Crippen LogP contribution in [0.2, 0.25) is 0 Å². The molecule has 2 rings (SSSR count). The predicted octanol–water partition coefficient (Wildman–Crippen LogP) is 6.54. The molecule has 0 amide bonds. The molecule has 0 saturated heterocycles. The molecule has 1 nitrogen and oxygen atoms in total. The summed E-state index contributed by atoms with van der Waals surface area (Å²) >= 11 is 12.5. The summed E-state index contributed by atoms with van der Waals surface area (Å²) < 4.78 is 7.94. The maximum absolute atomic E-state index is 5.73. The third kappa shape index (κ3) is 4.06. The van der Waals surface area contributed by atoms with Gasteiger partial charge in [0, 0.05) is 9.35 Å². The fourth-order valence-corrected chi connectivity index (χ4v) is 4.46. The molecule has 1 heterocycles. The van der Waals surface area contributed by atoms with Crippen molar-refractivity contribution in [2.45, 2.75) is 24.8 Å². The van der Waals surface area contributed by atoms with Crippen LogP contribution < -0.4 is 4.74 Å². The summed E-state index contributed by atoms with van der Waals surface area (Å²) in [5.74, 6) is 0.909. The van der Waals surface area contributed by atoms with Gasteiger partial charge < -0.3 is 4.74 Å². The van der Waals surface area contributed by atoms with E-state index in [0.717, 1.165) is 14.0 Å². The lowest BCUT2D eigenvalue weighted by Crippen LogP contribution is -2.05. The molecule has 1 aromatic heterocycles. The van der Waals surface area contributed by atoms with Gasteiger partial charge in [0.15, 0.2) is 0 Å². The van der Waals surface area contributed by atoms with E-state index in [1.54, 1.807) is 11.3 Å². The fraction of sp³-hybridized carbons (Fsp3) is 0.286. The number of rotatable bonds is 4. The lowest BCUT2D eigenvalue weighted by molar-refractivity contribution is 0.242. The van der Waals surface area contributed by atoms with E-state index in [4.69, 9.17) is 4.74 Å². The molecule has 1 aromatic carbocycles. The SMILES string of the molecule is CC(C)Oc1cccc(C(Br)c2cc(Br)c(Br)s2)c1. The molecule has 1 unspecified atom stereocenters. The van der Waals surface area contributed by atoms with E-state index in [1.807, 2.05) is 26.0 Å². The van der Waals surface area contributed by atoms with Crippen LogP contribution in [0.5, 0.6) is 5.75 Å². The van der Waals surface area contributed by atoms with Gasteiger partial charge in [-0.25, -0.2) is 0 Å². The van der Waals surface area contributed by atoms with Gasteiger partial charge in [-0.05, 0) is 69.5 Å².